The van der Waals surface area contributed by atoms with E-state index in [0.717, 1.165) is 49.9 Å². The van der Waals surface area contributed by atoms with Crippen LogP contribution in [0.4, 0.5) is 25.2 Å². The summed E-state index contributed by atoms with van der Waals surface area (Å²) in [6, 6.07) is 6.14. The van der Waals surface area contributed by atoms with Crippen molar-refractivity contribution in [2.45, 2.75) is 63.2 Å². The number of halogens is 6. The summed E-state index contributed by atoms with van der Waals surface area (Å²) in [7, 11) is -8.64. The average molecular weight is 431 g/mol. The topological polar surface area (TPSA) is 38.0 Å². The summed E-state index contributed by atoms with van der Waals surface area (Å²) in [4.78, 5) is 24.4. The predicted octanol–water partition coefficient (Wildman–Crippen LogP) is 6.35. The van der Waals surface area contributed by atoms with Gasteiger partial charge in [-0.1, -0.05) is 12.8 Å². The Hall–Kier alpha value is -1.50. The molecule has 0 amide bonds. The second kappa shape index (κ2) is 7.39. The van der Waals surface area contributed by atoms with E-state index in [0.29, 0.717) is 24.4 Å². The van der Waals surface area contributed by atoms with Gasteiger partial charge in [0.15, 0.2) is 11.4 Å². The van der Waals surface area contributed by atoms with Gasteiger partial charge < -0.3 is 0 Å². The monoisotopic (exact) mass is 431 g/mol. The Morgan fingerprint density at radius 2 is 1.14 bits per heavy atom. The Labute approximate surface area is 159 Å². The Kier molecular flexibility index (Phi) is 6.02. The molecule has 0 radical (unpaired) electrons. The Balaban J connectivity index is 0.000000345. The predicted molar refractivity (Wildman–Crippen MR) is 93.6 cm³/mol. The summed E-state index contributed by atoms with van der Waals surface area (Å²) in [5, 5.41) is 0. The van der Waals surface area contributed by atoms with E-state index < -0.39 is 7.81 Å². The molecule has 2 aliphatic carbocycles. The normalized spacial score (nSPS) is 26.0. The third kappa shape index (κ3) is 7.49. The van der Waals surface area contributed by atoms with Crippen LogP contribution in [0.25, 0.3) is 0 Å². The van der Waals surface area contributed by atoms with Crippen molar-refractivity contribution in [2.75, 3.05) is 0 Å². The van der Waals surface area contributed by atoms with Crippen LogP contribution in [0.3, 0.4) is 0 Å². The Bertz CT molecular complexity index is 705. The van der Waals surface area contributed by atoms with Crippen LogP contribution in [0.15, 0.2) is 18.2 Å². The van der Waals surface area contributed by atoms with Gasteiger partial charge in [-0.25, -0.2) is 4.57 Å². The van der Waals surface area contributed by atoms with Crippen molar-refractivity contribution in [3.63, 3.8) is 0 Å². The van der Waals surface area contributed by atoms with Gasteiger partial charge in [-0.3, -0.25) is 9.59 Å². The minimum atomic E-state index is -10.7. The second-order valence-electron chi connectivity index (χ2n) is 7.42. The molecule has 3 rings (SSSR count). The van der Waals surface area contributed by atoms with E-state index in [1.165, 1.54) is 0 Å². The molecule has 1 aromatic rings. The third-order valence-corrected chi connectivity index (χ3v) is 5.13. The van der Waals surface area contributed by atoms with Crippen LogP contribution in [-0.4, -0.2) is 11.6 Å². The number of hydrogen-bond donors (Lipinski definition) is 0. The minimum absolute atomic E-state index is 0.0300. The van der Waals surface area contributed by atoms with Gasteiger partial charge >= 0.3 is 33.0 Å². The molecule has 0 aromatic carbocycles. The summed E-state index contributed by atoms with van der Waals surface area (Å²) in [6.45, 7) is 0. The van der Waals surface area contributed by atoms with E-state index in [9.17, 15) is 34.8 Å². The molecule has 1 aromatic heterocycles. The Morgan fingerprint density at radius 1 is 0.786 bits per heavy atom. The number of hydrogen-bond acceptors (Lipinski definition) is 2. The molecule has 28 heavy (non-hydrogen) atoms. The molecule has 160 valence electrons. The van der Waals surface area contributed by atoms with Gasteiger partial charge in [-0.05, 0) is 31.7 Å². The van der Waals surface area contributed by atoms with Crippen molar-refractivity contribution in [1.82, 2.24) is 0 Å². The standard InChI is InChI=1S/C18H24NO2.F6P/c1-19-15(13-7-2-4-11-17(13)20)9-6-10-16(19)14-8-3-5-12-18(14)21;1-7(2,3,4,5)6/h6,9-10,13-14H,2-5,7-8,11-12H2,1H3;/q+1;-1. The number of carbonyl (C=O) groups excluding carboxylic acids is 2. The van der Waals surface area contributed by atoms with E-state index in [1.807, 2.05) is 13.1 Å². The van der Waals surface area contributed by atoms with E-state index in [-0.39, 0.29) is 11.8 Å². The van der Waals surface area contributed by atoms with E-state index >= 15 is 0 Å². The zero-order valence-corrected chi connectivity index (χ0v) is 16.4. The van der Waals surface area contributed by atoms with Crippen LogP contribution < -0.4 is 4.57 Å². The van der Waals surface area contributed by atoms with Crippen molar-refractivity contribution in [3.05, 3.63) is 29.6 Å². The molecule has 2 atom stereocenters. The first-order valence-corrected chi connectivity index (χ1v) is 11.3. The summed E-state index contributed by atoms with van der Waals surface area (Å²) >= 11 is 0. The molecule has 2 saturated carbocycles. The number of nitrogens with zero attached hydrogens (tertiary/aromatic N) is 1. The molecule has 1 heterocycles. The van der Waals surface area contributed by atoms with Crippen LogP contribution >= 0.6 is 7.81 Å². The van der Waals surface area contributed by atoms with Crippen molar-refractivity contribution < 1.29 is 39.3 Å². The average Bonchev–Trinajstić information content (AvgIpc) is 2.54. The van der Waals surface area contributed by atoms with Crippen molar-refractivity contribution >= 4 is 19.4 Å². The third-order valence-electron chi connectivity index (χ3n) is 5.13. The zero-order valence-electron chi connectivity index (χ0n) is 15.5. The van der Waals surface area contributed by atoms with Crippen LogP contribution in [0.5, 0.6) is 0 Å². The van der Waals surface area contributed by atoms with Crippen LogP contribution in [0.2, 0.25) is 0 Å². The van der Waals surface area contributed by atoms with Crippen LogP contribution in [-0.2, 0) is 16.6 Å². The van der Waals surface area contributed by atoms with Crippen molar-refractivity contribution in [3.8, 4) is 0 Å². The van der Waals surface area contributed by atoms with Gasteiger partial charge in [-0.2, -0.15) is 0 Å². The quantitative estimate of drug-likeness (QED) is 0.311. The fraction of sp³-hybridized carbons (Fsp3) is 0.611. The maximum absolute atomic E-state index is 12.2. The molecule has 0 aliphatic heterocycles. The summed E-state index contributed by atoms with van der Waals surface area (Å²) < 4.78 is 61.3. The van der Waals surface area contributed by atoms with Crippen LogP contribution in [0, 0.1) is 0 Å². The van der Waals surface area contributed by atoms with Gasteiger partial charge in [0, 0.05) is 25.0 Å². The van der Waals surface area contributed by atoms with E-state index in [1.54, 1.807) is 0 Å². The maximum atomic E-state index is 12.2. The molecular formula is C18H24F6NO2P. The van der Waals surface area contributed by atoms with Gasteiger partial charge in [-0.15, -0.1) is 0 Å². The first-order chi connectivity index (χ1) is 12.6. The summed E-state index contributed by atoms with van der Waals surface area (Å²) in [5.41, 5.74) is 2.19. The van der Waals surface area contributed by atoms with E-state index in [4.69, 9.17) is 0 Å². The number of carbonyl (C=O) groups is 2. The first kappa shape index (κ1) is 22.8. The molecule has 3 nitrogen and oxygen atoms in total. The van der Waals surface area contributed by atoms with Crippen molar-refractivity contribution in [2.24, 2.45) is 7.05 Å². The molecule has 2 unspecified atom stereocenters. The van der Waals surface area contributed by atoms with Crippen LogP contribution in [0.1, 0.15) is 74.6 Å². The molecule has 2 fully saturated rings. The zero-order chi connectivity index (χ0) is 21.2. The summed E-state index contributed by atoms with van der Waals surface area (Å²) in [5.74, 6) is 0.790. The number of Topliss-reactive ketones (excluding diaryl/α,β-unsaturated/α-hetero) is 2. The Morgan fingerprint density at radius 3 is 1.46 bits per heavy atom. The number of pyridine rings is 1. The molecule has 10 heteroatoms. The van der Waals surface area contributed by atoms with Gasteiger partial charge in [0.2, 0.25) is 0 Å². The molecule has 0 bridgehead atoms. The van der Waals surface area contributed by atoms with Gasteiger partial charge in [0.1, 0.15) is 30.4 Å². The number of ketones is 2. The second-order valence-corrected chi connectivity index (χ2v) is 9.34. The fourth-order valence-corrected chi connectivity index (χ4v) is 3.91. The van der Waals surface area contributed by atoms with E-state index in [2.05, 4.69) is 16.7 Å². The molecule has 0 spiro atoms. The molecular weight excluding hydrogens is 407 g/mol. The number of rotatable bonds is 2. The first-order valence-electron chi connectivity index (χ1n) is 9.24. The molecule has 2 aliphatic rings. The fourth-order valence-electron chi connectivity index (χ4n) is 3.91. The van der Waals surface area contributed by atoms with Crippen molar-refractivity contribution in [1.29, 1.82) is 0 Å². The summed E-state index contributed by atoms with van der Waals surface area (Å²) in [6.07, 6.45) is 7.63. The molecule has 0 N–H and O–H groups in total. The number of aromatic nitrogens is 1. The van der Waals surface area contributed by atoms with Gasteiger partial charge in [0.25, 0.3) is 0 Å². The van der Waals surface area contributed by atoms with Gasteiger partial charge in [0.05, 0.1) is 0 Å². The molecule has 0 saturated heterocycles. The SMILES string of the molecule is C[n+]1c(C2CCCCC2=O)cccc1C1CCCCC1=O.F[P-](F)(F)(F)(F)F.